The Labute approximate surface area is 147 Å². The highest BCUT2D eigenvalue weighted by Crippen LogP contribution is 2.33. The van der Waals surface area contributed by atoms with Gasteiger partial charge in [0.2, 0.25) is 0 Å². The molecule has 0 spiro atoms. The van der Waals surface area contributed by atoms with Gasteiger partial charge in [-0.3, -0.25) is 9.59 Å². The van der Waals surface area contributed by atoms with Crippen molar-refractivity contribution in [1.82, 2.24) is 14.4 Å². The molecule has 0 radical (unpaired) electrons. The maximum Gasteiger partial charge on any atom is 0.328 e. The molecular formula is C18H25N3O4. The van der Waals surface area contributed by atoms with Gasteiger partial charge in [0.1, 0.15) is 11.6 Å². The Morgan fingerprint density at radius 3 is 2.52 bits per heavy atom. The van der Waals surface area contributed by atoms with Crippen LogP contribution in [-0.4, -0.2) is 66.1 Å². The predicted octanol–water partition coefficient (Wildman–Crippen LogP) is 0.809. The zero-order valence-corrected chi connectivity index (χ0v) is 15.2. The van der Waals surface area contributed by atoms with E-state index >= 15 is 0 Å². The number of likely N-dealkylation sites (tertiary alicyclic amines) is 1. The number of pyridine rings is 1. The Bertz CT molecular complexity index is 751. The van der Waals surface area contributed by atoms with Crippen molar-refractivity contribution < 1.29 is 14.3 Å². The molecule has 2 aliphatic rings. The fourth-order valence-electron chi connectivity index (χ4n) is 3.46. The Morgan fingerprint density at radius 2 is 1.96 bits per heavy atom. The minimum Gasteiger partial charge on any atom is -0.467 e. The van der Waals surface area contributed by atoms with Gasteiger partial charge in [0.05, 0.1) is 7.11 Å². The van der Waals surface area contributed by atoms with Crippen LogP contribution in [0.4, 0.5) is 0 Å². The third kappa shape index (κ3) is 3.20. The molecule has 0 N–H and O–H groups in total. The molecule has 2 atom stereocenters. The SMILES string of the molecule is COC(=O)[C@@H]1C[C@@H](N(C)C)CN1C(=O)c1c(C)ccn(C2CC2)c1=O. The van der Waals surface area contributed by atoms with Crippen LogP contribution < -0.4 is 5.56 Å². The number of hydrogen-bond acceptors (Lipinski definition) is 5. The summed E-state index contributed by atoms with van der Waals surface area (Å²) < 4.78 is 6.52. The zero-order valence-electron chi connectivity index (χ0n) is 15.2. The van der Waals surface area contributed by atoms with Gasteiger partial charge in [0.15, 0.2) is 0 Å². The third-order valence-corrected chi connectivity index (χ3v) is 5.23. The van der Waals surface area contributed by atoms with Gasteiger partial charge in [-0.05, 0) is 51.9 Å². The summed E-state index contributed by atoms with van der Waals surface area (Å²) in [5, 5.41) is 0. The van der Waals surface area contributed by atoms with Crippen LogP contribution in [0.1, 0.15) is 41.2 Å². The molecule has 7 heteroatoms. The first kappa shape index (κ1) is 17.7. The molecule has 1 amide bonds. The maximum atomic E-state index is 13.2. The molecule has 3 rings (SSSR count). The number of aryl methyl sites for hydroxylation is 1. The van der Waals surface area contributed by atoms with Crippen LogP contribution in [0.15, 0.2) is 17.1 Å². The lowest BCUT2D eigenvalue weighted by Gasteiger charge is -2.24. The molecule has 1 aromatic heterocycles. The second kappa shape index (κ2) is 6.63. The molecule has 0 bridgehead atoms. The number of methoxy groups -OCH3 is 1. The molecule has 1 aromatic rings. The average Bonchev–Trinajstić information content (AvgIpc) is 3.30. The molecule has 2 fully saturated rings. The number of hydrogen-bond donors (Lipinski definition) is 0. The molecule has 7 nitrogen and oxygen atoms in total. The number of ether oxygens (including phenoxy) is 1. The van der Waals surface area contributed by atoms with Crippen LogP contribution in [0.3, 0.4) is 0 Å². The highest BCUT2D eigenvalue weighted by Gasteiger charge is 2.42. The van der Waals surface area contributed by atoms with Crippen molar-refractivity contribution in [2.45, 2.75) is 44.3 Å². The van der Waals surface area contributed by atoms with E-state index in [-0.39, 0.29) is 29.1 Å². The van der Waals surface area contributed by atoms with Gasteiger partial charge in [0, 0.05) is 24.8 Å². The average molecular weight is 347 g/mol. The van der Waals surface area contributed by atoms with E-state index in [1.54, 1.807) is 23.8 Å². The lowest BCUT2D eigenvalue weighted by atomic mass is 10.1. The van der Waals surface area contributed by atoms with E-state index in [1.807, 2.05) is 19.0 Å². The first-order chi connectivity index (χ1) is 11.8. The number of aromatic nitrogens is 1. The molecule has 2 heterocycles. The van der Waals surface area contributed by atoms with E-state index in [4.69, 9.17) is 4.74 Å². The first-order valence-electron chi connectivity index (χ1n) is 8.62. The second-order valence-corrected chi connectivity index (χ2v) is 7.17. The van der Waals surface area contributed by atoms with Crippen molar-refractivity contribution in [3.8, 4) is 0 Å². The van der Waals surface area contributed by atoms with Crippen molar-refractivity contribution >= 4 is 11.9 Å². The number of carbonyl (C=O) groups is 2. The minimum absolute atomic E-state index is 0.0581. The van der Waals surface area contributed by atoms with E-state index in [2.05, 4.69) is 0 Å². The summed E-state index contributed by atoms with van der Waals surface area (Å²) in [6.07, 6.45) is 4.20. The largest absolute Gasteiger partial charge is 0.467 e. The first-order valence-corrected chi connectivity index (χ1v) is 8.62. The molecule has 1 saturated heterocycles. The monoisotopic (exact) mass is 347 g/mol. The lowest BCUT2D eigenvalue weighted by Crippen LogP contribution is -2.44. The molecule has 0 unspecified atom stereocenters. The summed E-state index contributed by atoms with van der Waals surface area (Å²) in [5.74, 6) is -0.814. The quantitative estimate of drug-likeness (QED) is 0.754. The van der Waals surface area contributed by atoms with Crippen LogP contribution in [0.25, 0.3) is 0 Å². The van der Waals surface area contributed by atoms with E-state index < -0.39 is 12.0 Å². The number of rotatable bonds is 4. The number of nitrogens with zero attached hydrogens (tertiary/aromatic N) is 3. The number of carbonyl (C=O) groups excluding carboxylic acids is 2. The van der Waals surface area contributed by atoms with Crippen LogP contribution in [0.5, 0.6) is 0 Å². The minimum atomic E-state index is -0.654. The lowest BCUT2D eigenvalue weighted by molar-refractivity contribution is -0.145. The van der Waals surface area contributed by atoms with Crippen LogP contribution in [0.2, 0.25) is 0 Å². The van der Waals surface area contributed by atoms with Crippen molar-refractivity contribution in [2.75, 3.05) is 27.7 Å². The van der Waals surface area contributed by atoms with E-state index in [0.717, 1.165) is 12.8 Å². The van der Waals surface area contributed by atoms with Gasteiger partial charge in [0.25, 0.3) is 11.5 Å². The fraction of sp³-hybridized carbons (Fsp3) is 0.611. The van der Waals surface area contributed by atoms with Gasteiger partial charge in [-0.2, -0.15) is 0 Å². The van der Waals surface area contributed by atoms with Gasteiger partial charge in [-0.25, -0.2) is 4.79 Å². The van der Waals surface area contributed by atoms with Crippen LogP contribution >= 0.6 is 0 Å². The molecule has 1 saturated carbocycles. The zero-order chi connectivity index (χ0) is 18.3. The van der Waals surface area contributed by atoms with Gasteiger partial charge >= 0.3 is 5.97 Å². The van der Waals surface area contributed by atoms with E-state index in [0.29, 0.717) is 18.5 Å². The van der Waals surface area contributed by atoms with Crippen LogP contribution in [0, 0.1) is 6.92 Å². The van der Waals surface area contributed by atoms with Crippen molar-refractivity contribution in [2.24, 2.45) is 0 Å². The fourth-order valence-corrected chi connectivity index (χ4v) is 3.46. The molecule has 1 aliphatic heterocycles. The Balaban J connectivity index is 1.97. The van der Waals surface area contributed by atoms with Crippen molar-refractivity contribution in [3.05, 3.63) is 33.7 Å². The Hall–Kier alpha value is -2.15. The van der Waals surface area contributed by atoms with E-state index in [1.165, 1.54) is 12.0 Å². The number of esters is 1. The summed E-state index contributed by atoms with van der Waals surface area (Å²) in [5.41, 5.74) is 0.552. The Kier molecular flexibility index (Phi) is 4.69. The summed E-state index contributed by atoms with van der Waals surface area (Å²) in [7, 11) is 5.16. The van der Waals surface area contributed by atoms with Gasteiger partial charge in [-0.1, -0.05) is 0 Å². The molecule has 1 aliphatic carbocycles. The summed E-state index contributed by atoms with van der Waals surface area (Å²) in [4.78, 5) is 41.6. The number of amides is 1. The van der Waals surface area contributed by atoms with E-state index in [9.17, 15) is 14.4 Å². The van der Waals surface area contributed by atoms with Crippen molar-refractivity contribution in [1.29, 1.82) is 0 Å². The van der Waals surface area contributed by atoms with Crippen molar-refractivity contribution in [3.63, 3.8) is 0 Å². The topological polar surface area (TPSA) is 71.8 Å². The van der Waals surface area contributed by atoms with Gasteiger partial charge < -0.3 is 19.1 Å². The predicted molar refractivity (Wildman–Crippen MR) is 92.6 cm³/mol. The summed E-state index contributed by atoms with van der Waals surface area (Å²) in [6, 6.07) is 1.41. The smallest absolute Gasteiger partial charge is 0.328 e. The second-order valence-electron chi connectivity index (χ2n) is 7.17. The molecular weight excluding hydrogens is 322 g/mol. The molecule has 0 aromatic carbocycles. The number of likely N-dealkylation sites (N-methyl/N-ethyl adjacent to an activating group) is 1. The standard InChI is InChI=1S/C18H25N3O4/c1-11-7-8-20(12-5-6-12)16(22)15(11)17(23)21-10-13(19(2)3)9-14(21)18(24)25-4/h7-8,12-14H,5-6,9-10H2,1-4H3/t13-,14+/m1/s1. The third-order valence-electron chi connectivity index (χ3n) is 5.23. The molecule has 136 valence electrons. The van der Waals surface area contributed by atoms with Crippen LogP contribution in [-0.2, 0) is 9.53 Å². The summed E-state index contributed by atoms with van der Waals surface area (Å²) >= 11 is 0. The molecule has 25 heavy (non-hydrogen) atoms. The van der Waals surface area contributed by atoms with Gasteiger partial charge in [-0.15, -0.1) is 0 Å². The summed E-state index contributed by atoms with van der Waals surface area (Å²) in [6.45, 7) is 2.17. The highest BCUT2D eigenvalue weighted by atomic mass is 16.5. The maximum absolute atomic E-state index is 13.2. The normalized spacial score (nSPS) is 23.2. The highest BCUT2D eigenvalue weighted by molar-refractivity contribution is 5.98. The Morgan fingerprint density at radius 1 is 1.28 bits per heavy atom.